The zero-order valence-electron chi connectivity index (χ0n) is 14.9. The van der Waals surface area contributed by atoms with Crippen molar-refractivity contribution >= 4 is 17.7 Å². The second-order valence-electron chi connectivity index (χ2n) is 6.12. The van der Waals surface area contributed by atoms with Gasteiger partial charge in [-0.25, -0.2) is 4.39 Å². The maximum Gasteiger partial charge on any atom is 0.266 e. The number of aryl methyl sites for hydroxylation is 2. The molecule has 134 valence electrons. The first-order valence-corrected chi connectivity index (χ1v) is 8.33. The minimum atomic E-state index is -0.534. The predicted molar refractivity (Wildman–Crippen MR) is 102 cm³/mol. The molecule has 0 saturated heterocycles. The van der Waals surface area contributed by atoms with Gasteiger partial charge in [0.2, 0.25) is 0 Å². The molecule has 0 aliphatic rings. The van der Waals surface area contributed by atoms with E-state index in [0.717, 1.165) is 11.1 Å². The Balaban J connectivity index is 1.83. The molecule has 0 atom stereocenters. The molecule has 0 unspecified atom stereocenters. The van der Waals surface area contributed by atoms with Crippen LogP contribution in [-0.2, 0) is 4.79 Å². The second kappa shape index (κ2) is 7.71. The van der Waals surface area contributed by atoms with Crippen molar-refractivity contribution in [1.29, 1.82) is 5.26 Å². The minimum absolute atomic E-state index is 0.107. The van der Waals surface area contributed by atoms with E-state index in [1.54, 1.807) is 36.4 Å². The lowest BCUT2D eigenvalue weighted by Crippen LogP contribution is -2.14. The average molecular weight is 360 g/mol. The molecule has 0 bridgehead atoms. The lowest BCUT2D eigenvalue weighted by molar-refractivity contribution is -0.112. The van der Waals surface area contributed by atoms with Gasteiger partial charge in [-0.05, 0) is 49.7 Å². The number of nitrogens with zero attached hydrogens (tertiary/aromatic N) is 1. The van der Waals surface area contributed by atoms with Crippen LogP contribution in [0.1, 0.15) is 16.9 Å². The normalized spacial score (nSPS) is 11.1. The van der Waals surface area contributed by atoms with E-state index in [1.165, 1.54) is 12.1 Å². The molecule has 0 spiro atoms. The van der Waals surface area contributed by atoms with Crippen LogP contribution in [0.3, 0.4) is 0 Å². The quantitative estimate of drug-likeness (QED) is 0.510. The number of nitrogens with one attached hydrogen (secondary N) is 1. The average Bonchev–Trinajstić information content (AvgIpc) is 3.10. The summed E-state index contributed by atoms with van der Waals surface area (Å²) in [5.41, 5.74) is 2.83. The number of anilines is 1. The maximum absolute atomic E-state index is 13.9. The zero-order valence-corrected chi connectivity index (χ0v) is 14.9. The topological polar surface area (TPSA) is 66.0 Å². The molecule has 3 rings (SSSR count). The van der Waals surface area contributed by atoms with E-state index in [2.05, 4.69) is 5.32 Å². The molecular weight excluding hydrogens is 343 g/mol. The number of carbonyl (C=O) groups is 1. The van der Waals surface area contributed by atoms with E-state index in [4.69, 9.17) is 4.42 Å². The van der Waals surface area contributed by atoms with E-state index in [1.807, 2.05) is 32.0 Å². The van der Waals surface area contributed by atoms with Crippen molar-refractivity contribution in [1.82, 2.24) is 0 Å². The molecule has 1 heterocycles. The number of rotatable bonds is 4. The highest BCUT2D eigenvalue weighted by atomic mass is 19.1. The van der Waals surface area contributed by atoms with Crippen LogP contribution in [0.25, 0.3) is 17.4 Å². The van der Waals surface area contributed by atoms with Crippen molar-refractivity contribution in [2.24, 2.45) is 0 Å². The van der Waals surface area contributed by atoms with Crippen LogP contribution in [0.2, 0.25) is 0 Å². The summed E-state index contributed by atoms with van der Waals surface area (Å²) in [7, 11) is 0. The maximum atomic E-state index is 13.9. The standard InChI is InChI=1S/C22H17FN2O2/c1-14-7-9-20(15(2)11-14)25-22(26)16(13-24)12-17-8-10-21(27-17)18-5-3-4-6-19(18)23/h3-12H,1-2H3,(H,25,26)/b16-12+. The summed E-state index contributed by atoms with van der Waals surface area (Å²) in [5, 5.41) is 12.1. The van der Waals surface area contributed by atoms with Gasteiger partial charge in [0.05, 0.1) is 5.56 Å². The Bertz CT molecular complexity index is 1070. The summed E-state index contributed by atoms with van der Waals surface area (Å²) in [6.45, 7) is 3.84. The van der Waals surface area contributed by atoms with Crippen LogP contribution >= 0.6 is 0 Å². The molecular formula is C22H17FN2O2. The van der Waals surface area contributed by atoms with Gasteiger partial charge in [-0.15, -0.1) is 0 Å². The summed E-state index contributed by atoms with van der Waals surface area (Å²) in [5.74, 6) is -0.323. The number of benzene rings is 2. The molecule has 5 heteroatoms. The summed E-state index contributed by atoms with van der Waals surface area (Å²) in [6, 6.07) is 16.9. The lowest BCUT2D eigenvalue weighted by atomic mass is 10.1. The lowest BCUT2D eigenvalue weighted by Gasteiger charge is -2.08. The molecule has 0 saturated carbocycles. The summed E-state index contributed by atoms with van der Waals surface area (Å²) in [6.07, 6.45) is 1.34. The minimum Gasteiger partial charge on any atom is -0.457 e. The van der Waals surface area contributed by atoms with Crippen molar-refractivity contribution in [3.8, 4) is 17.4 Å². The van der Waals surface area contributed by atoms with Gasteiger partial charge < -0.3 is 9.73 Å². The summed E-state index contributed by atoms with van der Waals surface area (Å²) in [4.78, 5) is 12.4. The van der Waals surface area contributed by atoms with Crippen LogP contribution in [-0.4, -0.2) is 5.91 Å². The third-order valence-electron chi connectivity index (χ3n) is 4.05. The molecule has 1 amide bonds. The Labute approximate surface area is 156 Å². The highest BCUT2D eigenvalue weighted by molar-refractivity contribution is 6.09. The third kappa shape index (κ3) is 4.13. The largest absolute Gasteiger partial charge is 0.457 e. The van der Waals surface area contributed by atoms with Crippen LogP contribution in [0.5, 0.6) is 0 Å². The Hall–Kier alpha value is -3.65. The number of carbonyl (C=O) groups excluding carboxylic acids is 1. The van der Waals surface area contributed by atoms with Crippen molar-refractivity contribution in [3.05, 3.63) is 82.9 Å². The third-order valence-corrected chi connectivity index (χ3v) is 4.05. The van der Waals surface area contributed by atoms with Gasteiger partial charge in [0.1, 0.15) is 29.0 Å². The molecule has 1 aromatic heterocycles. The molecule has 0 fully saturated rings. The van der Waals surface area contributed by atoms with Crippen LogP contribution in [0.4, 0.5) is 10.1 Å². The highest BCUT2D eigenvalue weighted by Crippen LogP contribution is 2.26. The Morgan fingerprint density at radius 2 is 1.93 bits per heavy atom. The number of nitriles is 1. The highest BCUT2D eigenvalue weighted by Gasteiger charge is 2.13. The van der Waals surface area contributed by atoms with Gasteiger partial charge in [-0.2, -0.15) is 5.26 Å². The molecule has 1 N–H and O–H groups in total. The smallest absolute Gasteiger partial charge is 0.266 e. The van der Waals surface area contributed by atoms with Gasteiger partial charge >= 0.3 is 0 Å². The number of halogens is 1. The number of hydrogen-bond acceptors (Lipinski definition) is 3. The number of furan rings is 1. The van der Waals surface area contributed by atoms with Crippen molar-refractivity contribution < 1.29 is 13.6 Å². The molecule has 27 heavy (non-hydrogen) atoms. The van der Waals surface area contributed by atoms with Crippen LogP contribution < -0.4 is 5.32 Å². The molecule has 0 aliphatic heterocycles. The van der Waals surface area contributed by atoms with Gasteiger partial charge in [-0.1, -0.05) is 29.8 Å². The molecule has 0 aliphatic carbocycles. The van der Waals surface area contributed by atoms with Crippen LogP contribution in [0.15, 0.2) is 64.6 Å². The molecule has 3 aromatic rings. The Morgan fingerprint density at radius 3 is 2.63 bits per heavy atom. The first-order chi connectivity index (χ1) is 13.0. The number of amides is 1. The van der Waals surface area contributed by atoms with Gasteiger partial charge in [-0.3, -0.25) is 4.79 Å². The van der Waals surface area contributed by atoms with E-state index in [0.29, 0.717) is 22.8 Å². The first-order valence-electron chi connectivity index (χ1n) is 8.33. The van der Waals surface area contributed by atoms with Crippen molar-refractivity contribution in [2.45, 2.75) is 13.8 Å². The monoisotopic (exact) mass is 360 g/mol. The van der Waals surface area contributed by atoms with Crippen molar-refractivity contribution in [3.63, 3.8) is 0 Å². The fourth-order valence-electron chi connectivity index (χ4n) is 2.67. The zero-order chi connectivity index (χ0) is 19.4. The van der Waals surface area contributed by atoms with Gasteiger partial charge in [0, 0.05) is 11.8 Å². The van der Waals surface area contributed by atoms with Gasteiger partial charge in [0.25, 0.3) is 5.91 Å². The summed E-state index contributed by atoms with van der Waals surface area (Å²) < 4.78 is 19.4. The van der Waals surface area contributed by atoms with E-state index in [9.17, 15) is 14.4 Å². The van der Waals surface area contributed by atoms with E-state index >= 15 is 0 Å². The fourth-order valence-corrected chi connectivity index (χ4v) is 2.67. The molecule has 2 aromatic carbocycles. The van der Waals surface area contributed by atoms with Crippen LogP contribution in [0, 0.1) is 31.0 Å². The Kier molecular flexibility index (Phi) is 5.18. The predicted octanol–water partition coefficient (Wildman–Crippen LogP) is 5.25. The number of hydrogen-bond donors (Lipinski definition) is 1. The SMILES string of the molecule is Cc1ccc(NC(=O)/C(C#N)=C/c2ccc(-c3ccccc3F)o2)c(C)c1. The first kappa shape index (κ1) is 18.2. The molecule has 0 radical (unpaired) electrons. The second-order valence-corrected chi connectivity index (χ2v) is 6.12. The molecule has 4 nitrogen and oxygen atoms in total. The van der Waals surface area contributed by atoms with E-state index in [-0.39, 0.29) is 5.57 Å². The Morgan fingerprint density at radius 1 is 1.15 bits per heavy atom. The van der Waals surface area contributed by atoms with Gasteiger partial charge in [0.15, 0.2) is 0 Å². The summed E-state index contributed by atoms with van der Waals surface area (Å²) >= 11 is 0. The fraction of sp³-hybridized carbons (Fsp3) is 0.0909. The van der Waals surface area contributed by atoms with Crippen molar-refractivity contribution in [2.75, 3.05) is 5.32 Å². The van der Waals surface area contributed by atoms with E-state index < -0.39 is 11.7 Å².